The van der Waals surface area contributed by atoms with E-state index in [9.17, 15) is 0 Å². The Labute approximate surface area is 88.5 Å². The predicted octanol–water partition coefficient (Wildman–Crippen LogP) is 2.54. The maximum Gasteiger partial charge on any atom is 0.0775 e. The minimum atomic E-state index is -5.57. The summed E-state index contributed by atoms with van der Waals surface area (Å²) >= 11 is 0. The van der Waals surface area contributed by atoms with E-state index >= 15 is 0 Å². The fourth-order valence-electron chi connectivity index (χ4n) is 0.562. The van der Waals surface area contributed by atoms with E-state index in [-0.39, 0.29) is 5.56 Å². The lowest BCUT2D eigenvalue weighted by Gasteiger charge is -2.16. The van der Waals surface area contributed by atoms with Crippen LogP contribution in [-0.2, 0) is 0 Å². The smallest absolute Gasteiger partial charge is 0.0656 e. The molecule has 11 heavy (non-hydrogen) atoms. The first kappa shape index (κ1) is 1.69. The number of hydrogen-bond acceptors (Lipinski definition) is 0. The van der Waals surface area contributed by atoms with Gasteiger partial charge >= 0.3 is 0 Å². The summed E-state index contributed by atoms with van der Waals surface area (Å²) in [5, 5.41) is -0.997. The van der Waals surface area contributed by atoms with Crippen LogP contribution in [0, 0.1) is 6.92 Å². The standard InChI is InChI=1S/C10H16Si/c1-9-5-7-10(8-6-9)11(2,3)4/h5-8H,1-4H3/i2D3,3D3,4D3,5D,6D,7D,8D. The third-order valence-corrected chi connectivity index (χ3v) is 2.12. The van der Waals surface area contributed by atoms with Crippen molar-refractivity contribution in [1.82, 2.24) is 0 Å². The van der Waals surface area contributed by atoms with Gasteiger partial charge in [-0.15, -0.1) is 0 Å². The van der Waals surface area contributed by atoms with Crippen molar-refractivity contribution < 1.29 is 17.8 Å². The summed E-state index contributed by atoms with van der Waals surface area (Å²) in [5.41, 5.74) is -0.113. The first-order chi connectivity index (χ1) is 10.4. The maximum absolute atomic E-state index is 7.96. The van der Waals surface area contributed by atoms with Gasteiger partial charge in [0.1, 0.15) is 0 Å². The lowest BCUT2D eigenvalue weighted by atomic mass is 10.2. The van der Waals surface area contributed by atoms with Crippen molar-refractivity contribution in [3.63, 3.8) is 0 Å². The Morgan fingerprint density at radius 1 is 1.18 bits per heavy atom. The molecule has 0 saturated heterocycles. The van der Waals surface area contributed by atoms with Crippen molar-refractivity contribution in [3.8, 4) is 0 Å². The van der Waals surface area contributed by atoms with Gasteiger partial charge in [0.25, 0.3) is 0 Å². The van der Waals surface area contributed by atoms with Gasteiger partial charge in [-0.3, -0.25) is 0 Å². The van der Waals surface area contributed by atoms with E-state index < -0.39 is 56.9 Å². The lowest BCUT2D eigenvalue weighted by molar-refractivity contribution is 1.48. The summed E-state index contributed by atoms with van der Waals surface area (Å²) in [6, 6.07) is -3.10. The Morgan fingerprint density at radius 2 is 1.73 bits per heavy atom. The molecule has 0 aromatic heterocycles. The number of hydrogen-bond donors (Lipinski definition) is 0. The maximum atomic E-state index is 7.96. The number of rotatable bonds is 1. The van der Waals surface area contributed by atoms with Gasteiger partial charge in [0, 0.05) is 12.3 Å². The lowest BCUT2D eigenvalue weighted by Crippen LogP contribution is -2.37. The highest BCUT2D eigenvalue weighted by molar-refractivity contribution is 6.88. The first-order valence-corrected chi connectivity index (χ1v) is 5.00. The summed E-state index contributed by atoms with van der Waals surface area (Å²) in [6.07, 6.45) is 0. The molecule has 1 heteroatoms. The molecule has 1 rings (SSSR count). The van der Waals surface area contributed by atoms with Crippen LogP contribution in [-0.4, -0.2) is 8.07 Å². The van der Waals surface area contributed by atoms with Crippen molar-refractivity contribution in [2.24, 2.45) is 0 Å². The molecule has 0 atom stereocenters. The van der Waals surface area contributed by atoms with Crippen molar-refractivity contribution in [2.45, 2.75) is 26.3 Å². The van der Waals surface area contributed by atoms with Crippen LogP contribution in [0.3, 0.4) is 0 Å². The van der Waals surface area contributed by atoms with E-state index in [1.165, 1.54) is 6.92 Å². The molecule has 0 N–H and O–H groups in total. The Balaban J connectivity index is 4.27. The summed E-state index contributed by atoms with van der Waals surface area (Å²) in [6.45, 7) is -9.23. The SMILES string of the molecule is [2H]c1c([2H])c([Si](C([2H])([2H])[2H])(C([2H])([2H])[2H])C([2H])([2H])[2H])c([2H])c([2H])c1C. The fourth-order valence-corrected chi connectivity index (χ4v) is 1.06. The molecule has 0 aliphatic heterocycles. The highest BCUT2D eigenvalue weighted by Gasteiger charge is 2.14. The summed E-state index contributed by atoms with van der Waals surface area (Å²) in [5.74, 6) is 0. The molecule has 0 radical (unpaired) electrons. The van der Waals surface area contributed by atoms with E-state index in [0.717, 1.165) is 0 Å². The van der Waals surface area contributed by atoms with Gasteiger partial charge in [0.05, 0.1) is 13.6 Å². The zero-order chi connectivity index (χ0) is 19.5. The molecule has 0 heterocycles. The average molecular weight is 177 g/mol. The topological polar surface area (TPSA) is 0 Å². The summed E-state index contributed by atoms with van der Waals surface area (Å²) in [4.78, 5) is 0. The van der Waals surface area contributed by atoms with Crippen molar-refractivity contribution in [1.29, 1.82) is 0 Å². The zero-order valence-electron chi connectivity index (χ0n) is 19.0. The second kappa shape index (κ2) is 2.82. The van der Waals surface area contributed by atoms with Crippen LogP contribution in [0.1, 0.15) is 23.4 Å². The normalized spacial score (nSPS) is 32.3. The van der Waals surface area contributed by atoms with Crippen LogP contribution in [0.4, 0.5) is 0 Å². The van der Waals surface area contributed by atoms with E-state index in [0.29, 0.717) is 0 Å². The Hall–Kier alpha value is -0.563. The van der Waals surface area contributed by atoms with Gasteiger partial charge in [-0.05, 0) is 6.92 Å². The molecular formula is C10H16Si. The molecule has 0 saturated carbocycles. The van der Waals surface area contributed by atoms with Crippen LogP contribution in [0.2, 0.25) is 19.4 Å². The van der Waals surface area contributed by atoms with Gasteiger partial charge in [0.2, 0.25) is 0 Å². The van der Waals surface area contributed by atoms with Gasteiger partial charge in [-0.1, -0.05) is 54.3 Å². The van der Waals surface area contributed by atoms with E-state index in [2.05, 4.69) is 0 Å². The van der Waals surface area contributed by atoms with Crippen molar-refractivity contribution >= 4 is 13.3 Å². The average Bonchev–Trinajstić information content (AvgIpc) is 2.34. The third-order valence-electron chi connectivity index (χ3n) is 1.12. The van der Waals surface area contributed by atoms with E-state index in [1.807, 2.05) is 0 Å². The van der Waals surface area contributed by atoms with E-state index in [4.69, 9.17) is 17.8 Å². The minimum Gasteiger partial charge on any atom is -0.0656 e. The Morgan fingerprint density at radius 3 is 2.18 bits per heavy atom. The van der Waals surface area contributed by atoms with E-state index in [1.54, 1.807) is 0 Å². The second-order valence-electron chi connectivity index (χ2n) is 2.25. The van der Waals surface area contributed by atoms with Crippen molar-refractivity contribution in [2.75, 3.05) is 0 Å². The molecular weight excluding hydrogens is 148 g/mol. The highest BCUT2D eigenvalue weighted by Crippen LogP contribution is 2.03. The van der Waals surface area contributed by atoms with Gasteiger partial charge in [-0.2, -0.15) is 0 Å². The highest BCUT2D eigenvalue weighted by atomic mass is 28.3. The largest absolute Gasteiger partial charge is 0.0775 e. The molecule has 0 bridgehead atoms. The molecule has 1 aromatic rings. The quantitative estimate of drug-likeness (QED) is 0.578. The molecule has 0 aliphatic carbocycles. The van der Waals surface area contributed by atoms with Gasteiger partial charge in [0.15, 0.2) is 0 Å². The minimum absolute atomic E-state index is 0.113. The van der Waals surface area contributed by atoms with Gasteiger partial charge in [-0.25, -0.2) is 0 Å². The second-order valence-corrected chi connectivity index (χ2v) is 4.25. The summed E-state index contributed by atoms with van der Waals surface area (Å²) < 4.78 is 100. The van der Waals surface area contributed by atoms with Gasteiger partial charge < -0.3 is 0 Å². The third kappa shape index (κ3) is 2.19. The predicted molar refractivity (Wildman–Crippen MR) is 54.2 cm³/mol. The van der Waals surface area contributed by atoms with Crippen LogP contribution >= 0.6 is 0 Å². The molecule has 0 nitrogen and oxygen atoms in total. The molecule has 0 aliphatic rings. The molecule has 0 unspecified atom stereocenters. The first-order valence-electron chi connectivity index (χ1n) is 9.50. The molecule has 0 spiro atoms. The molecule has 1 aromatic carbocycles. The molecule has 60 valence electrons. The summed E-state index contributed by atoms with van der Waals surface area (Å²) in [7, 11) is -5.57. The fraction of sp³-hybridized carbons (Fsp3) is 0.400. The number of benzene rings is 1. The van der Waals surface area contributed by atoms with Crippen LogP contribution in [0.25, 0.3) is 0 Å². The van der Waals surface area contributed by atoms with Crippen LogP contribution in [0.15, 0.2) is 24.2 Å². The molecule has 0 fully saturated rings. The zero-order valence-corrected chi connectivity index (χ0v) is 7.00. The Kier molecular flexibility index (Phi) is 0.434. The monoisotopic (exact) mass is 177 g/mol. The van der Waals surface area contributed by atoms with Crippen LogP contribution < -0.4 is 5.19 Å². The Bertz CT molecular complexity index is 586. The van der Waals surface area contributed by atoms with Crippen LogP contribution in [0.5, 0.6) is 0 Å². The molecule has 0 amide bonds. The van der Waals surface area contributed by atoms with Crippen molar-refractivity contribution in [3.05, 3.63) is 29.7 Å².